The lowest BCUT2D eigenvalue weighted by Crippen LogP contribution is -2.51. The van der Waals surface area contributed by atoms with Crippen molar-refractivity contribution in [2.24, 2.45) is 0 Å². The van der Waals surface area contributed by atoms with E-state index in [-0.39, 0.29) is 43.2 Å². The average Bonchev–Trinajstić information content (AvgIpc) is 2.84. The van der Waals surface area contributed by atoms with Gasteiger partial charge in [0.15, 0.2) is 9.84 Å². The summed E-state index contributed by atoms with van der Waals surface area (Å²) in [6.07, 6.45) is 2.68. The van der Waals surface area contributed by atoms with Gasteiger partial charge in [0.1, 0.15) is 0 Å². The molecule has 0 bridgehead atoms. The molecule has 0 unspecified atom stereocenters. The molecule has 0 aromatic rings. The Labute approximate surface area is 125 Å². The second kappa shape index (κ2) is 6.09. The van der Waals surface area contributed by atoms with Crippen LogP contribution in [0.15, 0.2) is 0 Å². The van der Waals surface area contributed by atoms with E-state index in [0.717, 1.165) is 12.8 Å². The summed E-state index contributed by atoms with van der Waals surface area (Å²) in [5.41, 5.74) is 0. The third-order valence-corrected chi connectivity index (χ3v) is 6.81. The van der Waals surface area contributed by atoms with Crippen LogP contribution < -0.4 is 5.32 Å². The minimum atomic E-state index is -3.25. The van der Waals surface area contributed by atoms with Gasteiger partial charge in [-0.2, -0.15) is 4.31 Å². The minimum Gasteiger partial charge on any atom is -0.336 e. The maximum absolute atomic E-state index is 12.0. The van der Waals surface area contributed by atoms with Crippen LogP contribution in [0.4, 0.5) is 4.79 Å². The van der Waals surface area contributed by atoms with E-state index in [0.29, 0.717) is 6.54 Å². The second-order valence-corrected chi connectivity index (χ2v) is 9.73. The van der Waals surface area contributed by atoms with Crippen LogP contribution in [0.25, 0.3) is 0 Å². The van der Waals surface area contributed by atoms with Gasteiger partial charge in [-0.25, -0.2) is 21.6 Å². The summed E-state index contributed by atoms with van der Waals surface area (Å²) in [5.74, 6) is -0.0291. The number of amides is 2. The average molecular weight is 339 g/mol. The highest BCUT2D eigenvalue weighted by Gasteiger charge is 2.32. The lowest BCUT2D eigenvalue weighted by Gasteiger charge is -2.28. The van der Waals surface area contributed by atoms with Crippen molar-refractivity contribution in [1.29, 1.82) is 0 Å². The fraction of sp³-hybridized carbons (Fsp3) is 0.909. The van der Waals surface area contributed by atoms with Crippen molar-refractivity contribution in [2.75, 3.05) is 43.9 Å². The largest absolute Gasteiger partial charge is 0.336 e. The Hall–Kier alpha value is -0.870. The van der Waals surface area contributed by atoms with E-state index in [4.69, 9.17) is 0 Å². The molecule has 0 radical (unpaired) electrons. The summed E-state index contributed by atoms with van der Waals surface area (Å²) in [7, 11) is -6.27. The van der Waals surface area contributed by atoms with Crippen molar-refractivity contribution in [3.63, 3.8) is 0 Å². The fourth-order valence-corrected chi connectivity index (χ4v) is 5.07. The van der Waals surface area contributed by atoms with Gasteiger partial charge in [-0.3, -0.25) is 0 Å². The standard InChI is InChI=1S/C11H21N3O5S2/c1-20(16,17)14-4-2-3-10(14)9-12-11(15)13-5-7-21(18,19)8-6-13/h10H,2-9H2,1H3,(H,12,15)/t10-/m1/s1. The van der Waals surface area contributed by atoms with Gasteiger partial charge in [0.05, 0.1) is 17.8 Å². The van der Waals surface area contributed by atoms with Gasteiger partial charge < -0.3 is 10.2 Å². The number of hydrogen-bond acceptors (Lipinski definition) is 5. The van der Waals surface area contributed by atoms with E-state index in [2.05, 4.69) is 5.32 Å². The van der Waals surface area contributed by atoms with E-state index in [1.165, 1.54) is 15.5 Å². The maximum Gasteiger partial charge on any atom is 0.317 e. The molecule has 1 N–H and O–H groups in total. The van der Waals surface area contributed by atoms with Gasteiger partial charge in [-0.05, 0) is 12.8 Å². The SMILES string of the molecule is CS(=O)(=O)N1CCC[C@@H]1CNC(=O)N1CCS(=O)(=O)CC1. The van der Waals surface area contributed by atoms with Crippen molar-refractivity contribution in [2.45, 2.75) is 18.9 Å². The van der Waals surface area contributed by atoms with Crippen molar-refractivity contribution in [3.05, 3.63) is 0 Å². The molecule has 0 aromatic carbocycles. The van der Waals surface area contributed by atoms with Gasteiger partial charge in [0, 0.05) is 32.2 Å². The van der Waals surface area contributed by atoms with Crippen LogP contribution in [0.2, 0.25) is 0 Å². The molecule has 10 heteroatoms. The van der Waals surface area contributed by atoms with Crippen molar-refractivity contribution in [3.8, 4) is 0 Å². The third kappa shape index (κ3) is 4.30. The number of carbonyl (C=O) groups excluding carboxylic acids is 1. The molecule has 2 saturated heterocycles. The van der Waals surface area contributed by atoms with Crippen molar-refractivity contribution >= 4 is 25.9 Å². The van der Waals surface area contributed by atoms with Gasteiger partial charge in [-0.15, -0.1) is 0 Å². The monoisotopic (exact) mass is 339 g/mol. The number of sulfonamides is 1. The van der Waals surface area contributed by atoms with Gasteiger partial charge in [0.25, 0.3) is 0 Å². The lowest BCUT2D eigenvalue weighted by atomic mass is 10.2. The molecule has 8 nitrogen and oxygen atoms in total. The van der Waals surface area contributed by atoms with E-state index < -0.39 is 19.9 Å². The topological polar surface area (TPSA) is 104 Å². The highest BCUT2D eigenvalue weighted by Crippen LogP contribution is 2.19. The van der Waals surface area contributed by atoms with E-state index in [1.807, 2.05) is 0 Å². The molecule has 2 aliphatic heterocycles. The van der Waals surface area contributed by atoms with Crippen LogP contribution >= 0.6 is 0 Å². The molecule has 2 aliphatic rings. The number of carbonyl (C=O) groups is 1. The highest BCUT2D eigenvalue weighted by atomic mass is 32.2. The summed E-state index contributed by atoms with van der Waals surface area (Å²) >= 11 is 0. The predicted molar refractivity (Wildman–Crippen MR) is 78.2 cm³/mol. The molecule has 1 atom stereocenters. The molecule has 2 rings (SSSR count). The number of sulfone groups is 1. The first-order chi connectivity index (χ1) is 9.69. The Morgan fingerprint density at radius 2 is 1.86 bits per heavy atom. The quantitative estimate of drug-likeness (QED) is 0.699. The van der Waals surface area contributed by atoms with Gasteiger partial charge in [0.2, 0.25) is 10.0 Å². The Bertz CT molecular complexity index is 587. The maximum atomic E-state index is 12.0. The normalized spacial score (nSPS) is 26.7. The third-order valence-electron chi connectivity index (χ3n) is 3.87. The number of hydrogen-bond donors (Lipinski definition) is 1. The molecule has 21 heavy (non-hydrogen) atoms. The van der Waals surface area contributed by atoms with E-state index >= 15 is 0 Å². The summed E-state index contributed by atoms with van der Waals surface area (Å²) in [4.78, 5) is 13.4. The highest BCUT2D eigenvalue weighted by molar-refractivity contribution is 7.91. The number of nitrogens with one attached hydrogen (secondary N) is 1. The second-order valence-electron chi connectivity index (χ2n) is 5.49. The Morgan fingerprint density at radius 3 is 2.43 bits per heavy atom. The summed E-state index contributed by atoms with van der Waals surface area (Å²) in [6, 6.07) is -0.539. The summed E-state index contributed by atoms with van der Waals surface area (Å²) < 4.78 is 47.2. The number of nitrogens with zero attached hydrogens (tertiary/aromatic N) is 2. The molecule has 0 saturated carbocycles. The van der Waals surface area contributed by atoms with Gasteiger partial charge >= 0.3 is 6.03 Å². The Balaban J connectivity index is 1.84. The zero-order valence-corrected chi connectivity index (χ0v) is 13.6. The van der Waals surface area contributed by atoms with E-state index in [1.54, 1.807) is 0 Å². The first-order valence-corrected chi connectivity index (χ1v) is 10.6. The van der Waals surface area contributed by atoms with Gasteiger partial charge in [-0.1, -0.05) is 0 Å². The first-order valence-electron chi connectivity index (χ1n) is 6.89. The van der Waals surface area contributed by atoms with Crippen LogP contribution in [-0.4, -0.2) is 82.1 Å². The van der Waals surface area contributed by atoms with Crippen LogP contribution in [-0.2, 0) is 19.9 Å². The fourth-order valence-electron chi connectivity index (χ4n) is 2.68. The number of urea groups is 1. The van der Waals surface area contributed by atoms with Crippen LogP contribution in [0, 0.1) is 0 Å². The summed E-state index contributed by atoms with van der Waals surface area (Å²) in [6.45, 7) is 1.12. The molecule has 2 amide bonds. The Kier molecular flexibility index (Phi) is 4.79. The van der Waals surface area contributed by atoms with Crippen LogP contribution in [0.5, 0.6) is 0 Å². The smallest absolute Gasteiger partial charge is 0.317 e. The molecule has 0 aliphatic carbocycles. The van der Waals surface area contributed by atoms with Crippen molar-refractivity contribution < 1.29 is 21.6 Å². The molecule has 2 fully saturated rings. The zero-order valence-electron chi connectivity index (χ0n) is 12.0. The molecule has 0 aromatic heterocycles. The minimum absolute atomic E-state index is 0.0146. The lowest BCUT2D eigenvalue weighted by molar-refractivity contribution is 0.199. The van der Waals surface area contributed by atoms with Crippen LogP contribution in [0.1, 0.15) is 12.8 Å². The molecule has 122 valence electrons. The van der Waals surface area contributed by atoms with E-state index in [9.17, 15) is 21.6 Å². The molecule has 0 spiro atoms. The number of rotatable bonds is 3. The summed E-state index contributed by atoms with van der Waals surface area (Å²) in [5, 5.41) is 2.71. The zero-order chi connectivity index (χ0) is 15.7. The molecule has 2 heterocycles. The first kappa shape index (κ1) is 16.5. The van der Waals surface area contributed by atoms with Crippen LogP contribution in [0.3, 0.4) is 0 Å². The predicted octanol–water partition coefficient (Wildman–Crippen LogP) is -1.15. The molecular formula is C11H21N3O5S2. The Morgan fingerprint density at radius 1 is 1.24 bits per heavy atom. The molecular weight excluding hydrogens is 318 g/mol. The van der Waals surface area contributed by atoms with Crippen molar-refractivity contribution in [1.82, 2.24) is 14.5 Å².